The maximum atomic E-state index is 10.6. The zero-order chi connectivity index (χ0) is 12.8. The Labute approximate surface area is 110 Å². The number of para-hydroxylation sites is 2. The first-order valence-electron chi connectivity index (χ1n) is 5.77. The minimum Gasteiger partial charge on any atom is -0.490 e. The van der Waals surface area contributed by atoms with Crippen molar-refractivity contribution >= 4 is 17.6 Å². The van der Waals surface area contributed by atoms with Gasteiger partial charge in [0.15, 0.2) is 17.8 Å². The summed E-state index contributed by atoms with van der Waals surface area (Å²) < 4.78 is 11.3. The summed E-state index contributed by atoms with van der Waals surface area (Å²) in [5, 5.41) is 1.81. The summed E-state index contributed by atoms with van der Waals surface area (Å²) in [6.07, 6.45) is 1.76. The zero-order valence-corrected chi connectivity index (χ0v) is 10.9. The van der Waals surface area contributed by atoms with E-state index in [0.717, 1.165) is 18.5 Å². The Bertz CT molecular complexity index is 519. The predicted octanol–water partition coefficient (Wildman–Crippen LogP) is 4.14. The first kappa shape index (κ1) is 12.6. The molecule has 1 aromatic heterocycles. The van der Waals surface area contributed by atoms with E-state index in [0.29, 0.717) is 23.0 Å². The van der Waals surface area contributed by atoms with Gasteiger partial charge in [0.2, 0.25) is 0 Å². The number of rotatable bonds is 6. The molecule has 0 aliphatic rings. The fourth-order valence-corrected chi connectivity index (χ4v) is 2.05. The number of aldehydes is 1. The van der Waals surface area contributed by atoms with E-state index in [9.17, 15) is 4.79 Å². The van der Waals surface area contributed by atoms with Gasteiger partial charge >= 0.3 is 0 Å². The Balaban J connectivity index is 2.14. The van der Waals surface area contributed by atoms with Crippen LogP contribution in [-0.2, 0) is 0 Å². The van der Waals surface area contributed by atoms with Crippen molar-refractivity contribution in [2.24, 2.45) is 0 Å². The Kier molecular flexibility index (Phi) is 4.36. The van der Waals surface area contributed by atoms with Crippen LogP contribution in [0.2, 0.25) is 0 Å². The monoisotopic (exact) mass is 262 g/mol. The Morgan fingerprint density at radius 3 is 2.72 bits per heavy atom. The smallest absolute Gasteiger partial charge is 0.169 e. The second-order valence-electron chi connectivity index (χ2n) is 3.70. The highest BCUT2D eigenvalue weighted by atomic mass is 32.1. The van der Waals surface area contributed by atoms with Gasteiger partial charge in [-0.2, -0.15) is 0 Å². The molecule has 0 saturated heterocycles. The van der Waals surface area contributed by atoms with E-state index in [1.165, 1.54) is 11.3 Å². The van der Waals surface area contributed by atoms with Crippen molar-refractivity contribution in [1.29, 1.82) is 0 Å². The first-order valence-corrected chi connectivity index (χ1v) is 6.65. The van der Waals surface area contributed by atoms with E-state index in [1.54, 1.807) is 11.4 Å². The van der Waals surface area contributed by atoms with Gasteiger partial charge in [-0.25, -0.2) is 0 Å². The van der Waals surface area contributed by atoms with Crippen molar-refractivity contribution in [1.82, 2.24) is 0 Å². The van der Waals surface area contributed by atoms with Crippen molar-refractivity contribution in [3.8, 4) is 17.2 Å². The van der Waals surface area contributed by atoms with Crippen molar-refractivity contribution in [2.45, 2.75) is 13.3 Å². The van der Waals surface area contributed by atoms with Crippen molar-refractivity contribution in [2.75, 3.05) is 6.61 Å². The quantitative estimate of drug-likeness (QED) is 0.734. The molecular weight excluding hydrogens is 248 g/mol. The van der Waals surface area contributed by atoms with Gasteiger partial charge in [0.1, 0.15) is 5.75 Å². The van der Waals surface area contributed by atoms with E-state index in [2.05, 4.69) is 6.92 Å². The minimum absolute atomic E-state index is 0.650. The number of ether oxygens (including phenoxy) is 2. The molecule has 0 bridgehead atoms. The average Bonchev–Trinajstić information content (AvgIpc) is 2.85. The number of thiophene rings is 1. The van der Waals surface area contributed by atoms with Crippen LogP contribution in [0.15, 0.2) is 35.7 Å². The Morgan fingerprint density at radius 2 is 2.06 bits per heavy atom. The summed E-state index contributed by atoms with van der Waals surface area (Å²) >= 11 is 1.36. The molecule has 2 rings (SSSR count). The molecule has 18 heavy (non-hydrogen) atoms. The van der Waals surface area contributed by atoms with E-state index in [1.807, 2.05) is 24.3 Å². The van der Waals surface area contributed by atoms with Crippen molar-refractivity contribution < 1.29 is 14.3 Å². The van der Waals surface area contributed by atoms with Gasteiger partial charge in [-0.15, -0.1) is 11.3 Å². The molecule has 4 heteroatoms. The van der Waals surface area contributed by atoms with Crippen molar-refractivity contribution in [3.63, 3.8) is 0 Å². The second kappa shape index (κ2) is 6.21. The molecule has 0 saturated carbocycles. The molecular formula is C14H14O3S. The number of carbonyl (C=O) groups excluding carboxylic acids is 1. The van der Waals surface area contributed by atoms with Gasteiger partial charge in [0, 0.05) is 11.4 Å². The molecule has 0 atom stereocenters. The SMILES string of the molecule is CCCOc1ccccc1Oc1csc(C=O)c1. The molecule has 0 fully saturated rings. The van der Waals surface area contributed by atoms with E-state index >= 15 is 0 Å². The normalized spacial score (nSPS) is 10.1. The average molecular weight is 262 g/mol. The van der Waals surface area contributed by atoms with Crippen LogP contribution in [0.25, 0.3) is 0 Å². The highest BCUT2D eigenvalue weighted by Gasteiger charge is 2.07. The standard InChI is InChI=1S/C14H14O3S/c1-2-7-16-13-5-3-4-6-14(13)17-11-8-12(9-15)18-10-11/h3-6,8-10H,2,7H2,1H3. The lowest BCUT2D eigenvalue weighted by molar-refractivity contribution is 0.112. The third-order valence-corrected chi connectivity index (χ3v) is 3.09. The summed E-state index contributed by atoms with van der Waals surface area (Å²) in [4.78, 5) is 11.3. The molecule has 1 heterocycles. The molecule has 94 valence electrons. The molecule has 0 radical (unpaired) electrons. The highest BCUT2D eigenvalue weighted by molar-refractivity contribution is 7.11. The van der Waals surface area contributed by atoms with Gasteiger partial charge < -0.3 is 9.47 Å². The van der Waals surface area contributed by atoms with Gasteiger partial charge in [-0.3, -0.25) is 4.79 Å². The number of hydrogen-bond acceptors (Lipinski definition) is 4. The van der Waals surface area contributed by atoms with E-state index in [4.69, 9.17) is 9.47 Å². The lowest BCUT2D eigenvalue weighted by Gasteiger charge is -2.10. The second-order valence-corrected chi connectivity index (χ2v) is 4.64. The minimum atomic E-state index is 0.650. The fourth-order valence-electron chi connectivity index (χ4n) is 1.44. The molecule has 1 aromatic carbocycles. The van der Waals surface area contributed by atoms with Gasteiger partial charge in [0.25, 0.3) is 0 Å². The largest absolute Gasteiger partial charge is 0.490 e. The third kappa shape index (κ3) is 3.11. The third-order valence-electron chi connectivity index (χ3n) is 2.25. The molecule has 0 amide bonds. The van der Waals surface area contributed by atoms with Gasteiger partial charge in [0.05, 0.1) is 11.5 Å². The lowest BCUT2D eigenvalue weighted by Crippen LogP contribution is -1.96. The van der Waals surface area contributed by atoms with Crippen LogP contribution in [-0.4, -0.2) is 12.9 Å². The van der Waals surface area contributed by atoms with Gasteiger partial charge in [-0.05, 0) is 18.6 Å². The molecule has 3 nitrogen and oxygen atoms in total. The van der Waals surface area contributed by atoms with Crippen LogP contribution in [0, 0.1) is 0 Å². The summed E-state index contributed by atoms with van der Waals surface area (Å²) in [5.74, 6) is 2.05. The van der Waals surface area contributed by atoms with Gasteiger partial charge in [-0.1, -0.05) is 19.1 Å². The highest BCUT2D eigenvalue weighted by Crippen LogP contribution is 2.33. The predicted molar refractivity (Wildman–Crippen MR) is 72.0 cm³/mol. The molecule has 0 spiro atoms. The summed E-state index contributed by atoms with van der Waals surface area (Å²) in [6.45, 7) is 2.71. The summed E-state index contributed by atoms with van der Waals surface area (Å²) in [7, 11) is 0. The number of hydrogen-bond donors (Lipinski definition) is 0. The molecule has 0 unspecified atom stereocenters. The molecule has 0 N–H and O–H groups in total. The van der Waals surface area contributed by atoms with Crippen LogP contribution in [0.1, 0.15) is 23.0 Å². The van der Waals surface area contributed by atoms with Crippen LogP contribution in [0.3, 0.4) is 0 Å². The molecule has 0 aliphatic heterocycles. The Morgan fingerprint density at radius 1 is 1.28 bits per heavy atom. The van der Waals surface area contributed by atoms with Crippen LogP contribution >= 0.6 is 11.3 Å². The molecule has 2 aromatic rings. The topological polar surface area (TPSA) is 35.5 Å². The summed E-state index contributed by atoms with van der Waals surface area (Å²) in [5.41, 5.74) is 0. The number of benzene rings is 1. The lowest BCUT2D eigenvalue weighted by atomic mass is 10.3. The van der Waals surface area contributed by atoms with Crippen LogP contribution in [0.5, 0.6) is 17.2 Å². The maximum absolute atomic E-state index is 10.6. The first-order chi connectivity index (χ1) is 8.83. The van der Waals surface area contributed by atoms with Crippen LogP contribution in [0.4, 0.5) is 0 Å². The maximum Gasteiger partial charge on any atom is 0.169 e. The van der Waals surface area contributed by atoms with Crippen molar-refractivity contribution in [3.05, 3.63) is 40.6 Å². The van der Waals surface area contributed by atoms with E-state index in [-0.39, 0.29) is 0 Å². The summed E-state index contributed by atoms with van der Waals surface area (Å²) in [6, 6.07) is 9.24. The van der Waals surface area contributed by atoms with Crippen LogP contribution < -0.4 is 9.47 Å². The van der Waals surface area contributed by atoms with E-state index < -0.39 is 0 Å². The fraction of sp³-hybridized carbons (Fsp3) is 0.214. The zero-order valence-electron chi connectivity index (χ0n) is 10.1. The Hall–Kier alpha value is -1.81. The molecule has 0 aliphatic carbocycles. The number of carbonyl (C=O) groups is 1.